The van der Waals surface area contributed by atoms with E-state index in [-0.39, 0.29) is 5.56 Å². The quantitative estimate of drug-likeness (QED) is 0.879. The molecule has 3 rings (SSSR count). The number of fused-ring (bicyclic) bond motifs is 1. The summed E-state index contributed by atoms with van der Waals surface area (Å²) in [5, 5.41) is 9.45. The highest BCUT2D eigenvalue weighted by molar-refractivity contribution is 5.93. The molecule has 2 heterocycles. The normalized spacial score (nSPS) is 15.5. The van der Waals surface area contributed by atoms with Gasteiger partial charge in [-0.3, -0.25) is 4.79 Å². The van der Waals surface area contributed by atoms with Gasteiger partial charge in [-0.2, -0.15) is 0 Å². The van der Waals surface area contributed by atoms with Gasteiger partial charge in [0, 0.05) is 35.9 Å². The minimum atomic E-state index is -1.20. The van der Waals surface area contributed by atoms with Gasteiger partial charge in [0.15, 0.2) is 0 Å². The molecule has 0 aliphatic carbocycles. The number of rotatable bonds is 2. The number of hydrogen-bond donors (Lipinski definition) is 2. The summed E-state index contributed by atoms with van der Waals surface area (Å²) in [5.74, 6) is -1.20. The SMILES string of the molecule is O=C(O)c1c[nH]c2ccc(N3CCCCC3)cc2c1=O. The van der Waals surface area contributed by atoms with Crippen LogP contribution >= 0.6 is 0 Å². The van der Waals surface area contributed by atoms with Crippen molar-refractivity contribution in [3.63, 3.8) is 0 Å². The summed E-state index contributed by atoms with van der Waals surface area (Å²) in [4.78, 5) is 28.3. The molecule has 0 spiro atoms. The number of carbonyl (C=O) groups is 1. The lowest BCUT2D eigenvalue weighted by Crippen LogP contribution is -2.29. The Balaban J connectivity index is 2.11. The number of pyridine rings is 1. The fourth-order valence-corrected chi connectivity index (χ4v) is 2.71. The van der Waals surface area contributed by atoms with Gasteiger partial charge in [-0.05, 0) is 37.5 Å². The van der Waals surface area contributed by atoms with Crippen molar-refractivity contribution >= 4 is 22.6 Å². The van der Waals surface area contributed by atoms with Crippen molar-refractivity contribution in [2.45, 2.75) is 19.3 Å². The summed E-state index contributed by atoms with van der Waals surface area (Å²) >= 11 is 0. The summed E-state index contributed by atoms with van der Waals surface area (Å²) in [7, 11) is 0. The molecule has 1 fully saturated rings. The molecule has 0 unspecified atom stereocenters. The fraction of sp³-hybridized carbons (Fsp3) is 0.333. The van der Waals surface area contributed by atoms with E-state index in [4.69, 9.17) is 5.11 Å². The van der Waals surface area contributed by atoms with E-state index in [9.17, 15) is 9.59 Å². The van der Waals surface area contributed by atoms with Crippen LogP contribution in [-0.2, 0) is 0 Å². The average Bonchev–Trinajstić information content (AvgIpc) is 2.48. The van der Waals surface area contributed by atoms with E-state index in [2.05, 4.69) is 9.88 Å². The molecule has 0 radical (unpaired) electrons. The molecule has 0 saturated carbocycles. The molecule has 1 aliphatic rings. The fourth-order valence-electron chi connectivity index (χ4n) is 2.71. The van der Waals surface area contributed by atoms with Crippen LogP contribution in [0.25, 0.3) is 10.9 Å². The Kier molecular flexibility index (Phi) is 3.18. The Morgan fingerprint density at radius 1 is 1.20 bits per heavy atom. The lowest BCUT2D eigenvalue weighted by Gasteiger charge is -2.28. The van der Waals surface area contributed by atoms with Crippen molar-refractivity contribution < 1.29 is 9.90 Å². The van der Waals surface area contributed by atoms with Crippen LogP contribution in [0.1, 0.15) is 29.6 Å². The first-order valence-corrected chi connectivity index (χ1v) is 6.80. The molecular formula is C15H16N2O3. The Morgan fingerprint density at radius 2 is 1.95 bits per heavy atom. The summed E-state index contributed by atoms with van der Waals surface area (Å²) in [5.41, 5.74) is 1.02. The molecule has 104 valence electrons. The number of carboxylic acids is 1. The zero-order valence-electron chi connectivity index (χ0n) is 11.1. The van der Waals surface area contributed by atoms with Crippen molar-refractivity contribution in [2.24, 2.45) is 0 Å². The maximum absolute atomic E-state index is 12.2. The second-order valence-electron chi connectivity index (χ2n) is 5.11. The number of nitrogens with one attached hydrogen (secondary N) is 1. The molecule has 2 aromatic rings. The third kappa shape index (κ3) is 2.15. The van der Waals surface area contributed by atoms with Gasteiger partial charge in [-0.15, -0.1) is 0 Å². The largest absolute Gasteiger partial charge is 0.477 e. The summed E-state index contributed by atoms with van der Waals surface area (Å²) in [6.45, 7) is 1.98. The Morgan fingerprint density at radius 3 is 2.65 bits per heavy atom. The van der Waals surface area contributed by atoms with E-state index in [0.717, 1.165) is 31.6 Å². The lowest BCUT2D eigenvalue weighted by molar-refractivity contribution is 0.0695. The monoisotopic (exact) mass is 272 g/mol. The molecule has 0 bridgehead atoms. The molecule has 2 N–H and O–H groups in total. The van der Waals surface area contributed by atoms with Crippen LogP contribution in [0.15, 0.2) is 29.2 Å². The van der Waals surface area contributed by atoms with Gasteiger partial charge in [0.05, 0.1) is 0 Å². The van der Waals surface area contributed by atoms with Crippen molar-refractivity contribution in [1.29, 1.82) is 0 Å². The van der Waals surface area contributed by atoms with E-state index in [1.807, 2.05) is 12.1 Å². The predicted octanol–water partition coefficient (Wildman–Crippen LogP) is 2.22. The van der Waals surface area contributed by atoms with Crippen molar-refractivity contribution in [3.8, 4) is 0 Å². The first kappa shape index (κ1) is 12.7. The van der Waals surface area contributed by atoms with E-state index >= 15 is 0 Å². The number of aromatic amines is 1. The number of hydrogen-bond acceptors (Lipinski definition) is 3. The van der Waals surface area contributed by atoms with Crippen LogP contribution < -0.4 is 10.3 Å². The van der Waals surface area contributed by atoms with Gasteiger partial charge in [0.2, 0.25) is 5.43 Å². The summed E-state index contributed by atoms with van der Waals surface area (Å²) in [6.07, 6.45) is 4.81. The standard InChI is InChI=1S/C15H16N2O3/c18-14-11-8-10(17-6-2-1-3-7-17)4-5-13(11)16-9-12(14)15(19)20/h4-5,8-9H,1-3,6-7H2,(H,16,18)(H,19,20). The van der Waals surface area contributed by atoms with Crippen LogP contribution in [0.5, 0.6) is 0 Å². The smallest absolute Gasteiger partial charge is 0.341 e. The third-order valence-corrected chi connectivity index (χ3v) is 3.82. The molecule has 0 atom stereocenters. The van der Waals surface area contributed by atoms with Crippen molar-refractivity contribution in [3.05, 3.63) is 40.2 Å². The molecule has 1 aromatic carbocycles. The zero-order valence-corrected chi connectivity index (χ0v) is 11.1. The number of anilines is 1. The molecule has 1 aliphatic heterocycles. The summed E-state index contributed by atoms with van der Waals surface area (Å²) in [6, 6.07) is 5.61. The van der Waals surface area contributed by atoms with Gasteiger partial charge >= 0.3 is 5.97 Å². The Labute approximate surface area is 115 Å². The van der Waals surface area contributed by atoms with Gasteiger partial charge in [-0.25, -0.2) is 4.79 Å². The van der Waals surface area contributed by atoms with Gasteiger partial charge < -0.3 is 15.0 Å². The Hall–Kier alpha value is -2.30. The van der Waals surface area contributed by atoms with E-state index < -0.39 is 11.4 Å². The third-order valence-electron chi connectivity index (χ3n) is 3.82. The second-order valence-corrected chi connectivity index (χ2v) is 5.11. The molecule has 5 heteroatoms. The summed E-state index contributed by atoms with van der Waals surface area (Å²) < 4.78 is 0. The maximum Gasteiger partial charge on any atom is 0.341 e. The molecule has 1 aromatic heterocycles. The number of aromatic nitrogens is 1. The number of carboxylic acid groups (broad SMARTS) is 1. The second kappa shape index (κ2) is 5.00. The minimum Gasteiger partial charge on any atom is -0.477 e. The molecular weight excluding hydrogens is 256 g/mol. The average molecular weight is 272 g/mol. The highest BCUT2D eigenvalue weighted by Crippen LogP contribution is 2.22. The topological polar surface area (TPSA) is 73.4 Å². The molecule has 1 saturated heterocycles. The molecule has 20 heavy (non-hydrogen) atoms. The van der Waals surface area contributed by atoms with E-state index in [0.29, 0.717) is 10.9 Å². The van der Waals surface area contributed by atoms with Crippen molar-refractivity contribution in [2.75, 3.05) is 18.0 Å². The number of piperidine rings is 1. The number of benzene rings is 1. The highest BCUT2D eigenvalue weighted by Gasteiger charge is 2.14. The lowest BCUT2D eigenvalue weighted by atomic mass is 10.1. The molecule has 0 amide bonds. The van der Waals surface area contributed by atoms with E-state index in [1.165, 1.54) is 12.6 Å². The first-order chi connectivity index (χ1) is 9.66. The number of aromatic carboxylic acids is 1. The van der Waals surface area contributed by atoms with Crippen LogP contribution in [0.3, 0.4) is 0 Å². The van der Waals surface area contributed by atoms with Gasteiger partial charge in [0.1, 0.15) is 5.56 Å². The molecule has 5 nitrogen and oxygen atoms in total. The zero-order chi connectivity index (χ0) is 14.1. The van der Waals surface area contributed by atoms with Crippen LogP contribution in [-0.4, -0.2) is 29.1 Å². The maximum atomic E-state index is 12.2. The first-order valence-electron chi connectivity index (χ1n) is 6.80. The van der Waals surface area contributed by atoms with Crippen LogP contribution in [0.2, 0.25) is 0 Å². The minimum absolute atomic E-state index is 0.215. The van der Waals surface area contributed by atoms with Crippen molar-refractivity contribution in [1.82, 2.24) is 4.98 Å². The van der Waals surface area contributed by atoms with Crippen LogP contribution in [0.4, 0.5) is 5.69 Å². The highest BCUT2D eigenvalue weighted by atomic mass is 16.4. The van der Waals surface area contributed by atoms with E-state index in [1.54, 1.807) is 6.07 Å². The van der Waals surface area contributed by atoms with Crippen LogP contribution in [0, 0.1) is 0 Å². The Bertz CT molecular complexity index is 715. The van der Waals surface area contributed by atoms with Gasteiger partial charge in [-0.1, -0.05) is 0 Å². The number of H-pyrrole nitrogens is 1. The predicted molar refractivity (Wildman–Crippen MR) is 77.6 cm³/mol. The van der Waals surface area contributed by atoms with Gasteiger partial charge in [0.25, 0.3) is 0 Å². The number of nitrogens with zero attached hydrogens (tertiary/aromatic N) is 1.